The van der Waals surface area contributed by atoms with Gasteiger partial charge in [-0.3, -0.25) is 14.3 Å². The van der Waals surface area contributed by atoms with Crippen molar-refractivity contribution in [1.82, 2.24) is 19.9 Å². The first-order valence-corrected chi connectivity index (χ1v) is 9.26. The van der Waals surface area contributed by atoms with Crippen molar-refractivity contribution in [3.05, 3.63) is 70.8 Å². The fourth-order valence-electron chi connectivity index (χ4n) is 3.49. The SMILES string of the molecule is COc1cccc(C2CN(c3nc(-c4ccncc4)cc(=O)n3C)CCN2)c1. The number of nitrogens with one attached hydrogen (secondary N) is 1. The van der Waals surface area contributed by atoms with Crippen LogP contribution in [0.15, 0.2) is 59.7 Å². The Hall–Kier alpha value is -3.19. The van der Waals surface area contributed by atoms with E-state index < -0.39 is 0 Å². The summed E-state index contributed by atoms with van der Waals surface area (Å²) in [6.45, 7) is 2.30. The van der Waals surface area contributed by atoms with Crippen LogP contribution in [0.3, 0.4) is 0 Å². The van der Waals surface area contributed by atoms with E-state index in [1.807, 2.05) is 30.3 Å². The minimum absolute atomic E-state index is 0.0757. The highest BCUT2D eigenvalue weighted by Gasteiger charge is 2.24. The van der Waals surface area contributed by atoms with Gasteiger partial charge in [-0.1, -0.05) is 12.1 Å². The summed E-state index contributed by atoms with van der Waals surface area (Å²) in [4.78, 5) is 23.6. The molecule has 2 aromatic heterocycles. The van der Waals surface area contributed by atoms with Crippen LogP contribution >= 0.6 is 0 Å². The molecule has 1 atom stereocenters. The lowest BCUT2D eigenvalue weighted by Gasteiger charge is -2.35. The second-order valence-corrected chi connectivity index (χ2v) is 6.80. The van der Waals surface area contributed by atoms with Crippen molar-refractivity contribution in [3.8, 4) is 17.0 Å². The van der Waals surface area contributed by atoms with Crippen LogP contribution < -0.4 is 20.5 Å². The minimum Gasteiger partial charge on any atom is -0.497 e. The summed E-state index contributed by atoms with van der Waals surface area (Å²) < 4.78 is 6.96. The number of piperazine rings is 1. The van der Waals surface area contributed by atoms with E-state index in [0.29, 0.717) is 18.2 Å². The first-order valence-electron chi connectivity index (χ1n) is 9.26. The van der Waals surface area contributed by atoms with Crippen LogP contribution in [0.1, 0.15) is 11.6 Å². The third kappa shape index (κ3) is 3.61. The van der Waals surface area contributed by atoms with Crippen LogP contribution in [-0.2, 0) is 7.05 Å². The maximum absolute atomic E-state index is 12.6. The Balaban J connectivity index is 1.66. The van der Waals surface area contributed by atoms with Crippen LogP contribution in [0.25, 0.3) is 11.3 Å². The zero-order valence-electron chi connectivity index (χ0n) is 16.0. The van der Waals surface area contributed by atoms with Gasteiger partial charge in [-0.05, 0) is 29.8 Å². The molecule has 0 bridgehead atoms. The molecule has 1 aliphatic rings. The lowest BCUT2D eigenvalue weighted by atomic mass is 10.0. The highest BCUT2D eigenvalue weighted by atomic mass is 16.5. The second-order valence-electron chi connectivity index (χ2n) is 6.80. The molecule has 0 radical (unpaired) electrons. The number of aromatic nitrogens is 3. The third-order valence-corrected chi connectivity index (χ3v) is 5.04. The summed E-state index contributed by atoms with van der Waals surface area (Å²) in [6, 6.07) is 13.5. The average molecular weight is 377 g/mol. The summed E-state index contributed by atoms with van der Waals surface area (Å²) >= 11 is 0. The monoisotopic (exact) mass is 377 g/mol. The van der Waals surface area contributed by atoms with Crippen molar-refractivity contribution < 1.29 is 4.74 Å². The van der Waals surface area contributed by atoms with Crippen molar-refractivity contribution in [2.24, 2.45) is 7.05 Å². The first-order chi connectivity index (χ1) is 13.7. The van der Waals surface area contributed by atoms with Crippen molar-refractivity contribution in [2.75, 3.05) is 31.6 Å². The van der Waals surface area contributed by atoms with Crippen LogP contribution in [0.5, 0.6) is 5.75 Å². The van der Waals surface area contributed by atoms with Crippen molar-refractivity contribution in [2.45, 2.75) is 6.04 Å². The molecule has 144 valence electrons. The molecule has 1 N–H and O–H groups in total. The summed E-state index contributed by atoms with van der Waals surface area (Å²) in [7, 11) is 3.44. The average Bonchev–Trinajstić information content (AvgIpc) is 2.76. The van der Waals surface area contributed by atoms with Gasteiger partial charge in [0.1, 0.15) is 5.75 Å². The Morgan fingerprint density at radius 3 is 2.79 bits per heavy atom. The number of benzene rings is 1. The Morgan fingerprint density at radius 2 is 2.00 bits per heavy atom. The molecule has 1 saturated heterocycles. The Morgan fingerprint density at radius 1 is 1.18 bits per heavy atom. The van der Waals surface area contributed by atoms with Gasteiger partial charge in [0.15, 0.2) is 0 Å². The molecule has 1 unspecified atom stereocenters. The molecular weight excluding hydrogens is 354 g/mol. The predicted molar refractivity (Wildman–Crippen MR) is 109 cm³/mol. The smallest absolute Gasteiger partial charge is 0.255 e. The molecule has 1 aliphatic heterocycles. The normalized spacial score (nSPS) is 16.8. The zero-order chi connectivity index (χ0) is 19.5. The molecule has 0 aliphatic carbocycles. The van der Waals surface area contributed by atoms with Crippen molar-refractivity contribution in [1.29, 1.82) is 0 Å². The number of rotatable bonds is 4. The van der Waals surface area contributed by atoms with Crippen LogP contribution in [0.4, 0.5) is 5.95 Å². The molecule has 3 aromatic rings. The third-order valence-electron chi connectivity index (χ3n) is 5.04. The highest BCUT2D eigenvalue weighted by Crippen LogP contribution is 2.25. The number of hydrogen-bond donors (Lipinski definition) is 1. The Kier molecular flexibility index (Phi) is 5.08. The second kappa shape index (κ2) is 7.82. The zero-order valence-corrected chi connectivity index (χ0v) is 16.0. The molecule has 28 heavy (non-hydrogen) atoms. The fourth-order valence-corrected chi connectivity index (χ4v) is 3.49. The lowest BCUT2D eigenvalue weighted by molar-refractivity contribution is 0.411. The Bertz CT molecular complexity index is 1020. The number of methoxy groups -OCH3 is 1. The highest BCUT2D eigenvalue weighted by molar-refractivity contribution is 5.59. The van der Waals surface area contributed by atoms with E-state index in [0.717, 1.165) is 30.0 Å². The van der Waals surface area contributed by atoms with Gasteiger partial charge in [0, 0.05) is 50.7 Å². The van der Waals surface area contributed by atoms with Gasteiger partial charge in [-0.25, -0.2) is 4.98 Å². The van der Waals surface area contributed by atoms with Gasteiger partial charge in [0.2, 0.25) is 5.95 Å². The molecule has 0 spiro atoms. The van der Waals surface area contributed by atoms with Crippen LogP contribution in [0.2, 0.25) is 0 Å². The number of anilines is 1. The lowest BCUT2D eigenvalue weighted by Crippen LogP contribution is -2.47. The van der Waals surface area contributed by atoms with Gasteiger partial charge in [-0.2, -0.15) is 0 Å². The van der Waals surface area contributed by atoms with Gasteiger partial charge < -0.3 is 15.0 Å². The molecular formula is C21H23N5O2. The number of hydrogen-bond acceptors (Lipinski definition) is 6. The van der Waals surface area contributed by atoms with E-state index in [-0.39, 0.29) is 11.6 Å². The molecule has 1 fully saturated rings. The van der Waals surface area contributed by atoms with Gasteiger partial charge in [-0.15, -0.1) is 0 Å². The summed E-state index contributed by atoms with van der Waals surface area (Å²) in [6.07, 6.45) is 3.41. The molecule has 1 aromatic carbocycles. The van der Waals surface area contributed by atoms with Gasteiger partial charge >= 0.3 is 0 Å². The number of ether oxygens (including phenoxy) is 1. The van der Waals surface area contributed by atoms with Crippen molar-refractivity contribution in [3.63, 3.8) is 0 Å². The molecule has 3 heterocycles. The summed E-state index contributed by atoms with van der Waals surface area (Å²) in [5, 5.41) is 3.55. The number of pyridine rings is 1. The summed E-state index contributed by atoms with van der Waals surface area (Å²) in [5.74, 6) is 1.51. The van der Waals surface area contributed by atoms with E-state index in [9.17, 15) is 4.79 Å². The minimum atomic E-state index is -0.0757. The Labute approximate surface area is 163 Å². The largest absolute Gasteiger partial charge is 0.497 e. The van der Waals surface area contributed by atoms with Crippen molar-refractivity contribution >= 4 is 5.95 Å². The van der Waals surface area contributed by atoms with E-state index >= 15 is 0 Å². The van der Waals surface area contributed by atoms with Crippen LogP contribution in [-0.4, -0.2) is 41.3 Å². The quantitative estimate of drug-likeness (QED) is 0.750. The maximum Gasteiger partial charge on any atom is 0.255 e. The van der Waals surface area contributed by atoms with E-state index in [2.05, 4.69) is 21.3 Å². The van der Waals surface area contributed by atoms with E-state index in [4.69, 9.17) is 9.72 Å². The standard InChI is InChI=1S/C21H23N5O2/c1-25-20(27)13-18(15-6-8-22-9-7-15)24-21(25)26-11-10-23-19(14-26)16-4-3-5-17(12-16)28-2/h3-9,12-13,19,23H,10-11,14H2,1-2H3. The van der Waals surface area contributed by atoms with E-state index in [1.54, 1.807) is 37.2 Å². The molecule has 0 amide bonds. The first kappa shape index (κ1) is 18.2. The van der Waals surface area contributed by atoms with Crippen LogP contribution in [0, 0.1) is 0 Å². The molecule has 7 heteroatoms. The van der Waals surface area contributed by atoms with Gasteiger partial charge in [0.25, 0.3) is 5.56 Å². The fraction of sp³-hybridized carbons (Fsp3) is 0.286. The molecule has 4 rings (SSSR count). The molecule has 0 saturated carbocycles. The predicted octanol–water partition coefficient (Wildman–Crippen LogP) is 2.00. The summed E-state index contributed by atoms with van der Waals surface area (Å²) in [5.41, 5.74) is 2.62. The topological polar surface area (TPSA) is 72.3 Å². The maximum atomic E-state index is 12.6. The molecule has 7 nitrogen and oxygen atoms in total. The number of nitrogens with zero attached hydrogens (tertiary/aromatic N) is 4. The van der Waals surface area contributed by atoms with E-state index in [1.165, 1.54) is 0 Å². The van der Waals surface area contributed by atoms with Gasteiger partial charge in [0.05, 0.1) is 18.8 Å².